The number of carbonyl (C=O) groups excluding carboxylic acids is 10. The number of carboxylic acids is 2. The molecule has 10 aromatic rings. The fourth-order valence-electron chi connectivity index (χ4n) is 10.1. The van der Waals surface area contributed by atoms with Crippen LogP contribution >= 0.6 is 104 Å². The number of nitrogens with zero attached hydrogens (tertiary/aromatic N) is 10. The number of amides is 6. The second-order valence-corrected chi connectivity index (χ2v) is 31.2. The summed E-state index contributed by atoms with van der Waals surface area (Å²) >= 11 is 52.3. The van der Waals surface area contributed by atoms with E-state index in [2.05, 4.69) is 91.6 Å². The van der Waals surface area contributed by atoms with Crippen molar-refractivity contribution in [3.05, 3.63) is 227 Å². The number of likely N-dealkylation sites (tertiary alicyclic amines) is 2. The summed E-state index contributed by atoms with van der Waals surface area (Å²) in [5.74, 6) is -6.73. The number of hydrogen-bond donors (Lipinski definition) is 14. The number of anilines is 4. The molecule has 17 N–H and O–H groups in total. The van der Waals surface area contributed by atoms with Crippen molar-refractivity contribution < 1.29 is 136 Å². The largest absolute Gasteiger partial charge is 1.00 e. The molecule has 706 valence electrons. The second kappa shape index (κ2) is 55.1. The molecule has 4 aromatic carbocycles. The summed E-state index contributed by atoms with van der Waals surface area (Å²) in [6, 6.07) is 18.9. The van der Waals surface area contributed by atoms with Gasteiger partial charge in [-0.2, -0.15) is 30.6 Å². The summed E-state index contributed by atoms with van der Waals surface area (Å²) in [6.07, 6.45) is 9.29. The number of benzene rings is 4. The number of nitrogens with two attached hydrogens (primary N) is 2. The minimum Gasteiger partial charge on any atom is -0.870 e. The number of halogens is 9. The van der Waals surface area contributed by atoms with Crippen LogP contribution in [0.4, 0.5) is 43.7 Å². The molecule has 46 nitrogen and oxygen atoms in total. The van der Waals surface area contributed by atoms with Crippen molar-refractivity contribution in [1.82, 2.24) is 76.3 Å². The molecule has 8 heterocycles. The Morgan fingerprint density at radius 2 is 0.720 bits per heavy atom. The minimum absolute atomic E-state index is 0. The van der Waals surface area contributed by atoms with Crippen LogP contribution in [0.1, 0.15) is 179 Å². The van der Waals surface area contributed by atoms with Gasteiger partial charge in [-0.05, 0) is 127 Å². The van der Waals surface area contributed by atoms with Gasteiger partial charge in [0.15, 0.2) is 17.1 Å². The number of piperidine rings is 2. The predicted molar refractivity (Wildman–Crippen MR) is 479 cm³/mol. The van der Waals surface area contributed by atoms with Crippen molar-refractivity contribution in [2.24, 2.45) is 5.73 Å². The fraction of sp³-hybridized carbons (Fsp3) is 0.289. The molecule has 0 aliphatic carbocycles. The Morgan fingerprint density at radius 3 is 1.04 bits per heavy atom. The molecule has 2 fully saturated rings. The summed E-state index contributed by atoms with van der Waals surface area (Å²) in [5, 5.41) is 84.1. The van der Waals surface area contributed by atoms with Crippen LogP contribution < -0.4 is 62.3 Å². The zero-order chi connectivity index (χ0) is 96.5. The summed E-state index contributed by atoms with van der Waals surface area (Å²) in [5.41, 5.74) is 9.72. The van der Waals surface area contributed by atoms with Gasteiger partial charge in [-0.25, -0.2) is 33.6 Å². The first-order valence-electron chi connectivity index (χ1n) is 36.5. The van der Waals surface area contributed by atoms with Crippen LogP contribution in [0.5, 0.6) is 0 Å². The molecule has 2 aliphatic heterocycles. The van der Waals surface area contributed by atoms with Crippen LogP contribution in [0.3, 0.4) is 0 Å². The number of aromatic amines is 6. The van der Waals surface area contributed by atoms with Crippen molar-refractivity contribution in [3.8, 4) is 0 Å². The van der Waals surface area contributed by atoms with E-state index in [0.717, 1.165) is 45.4 Å². The molecule has 0 atom stereocenters. The Hall–Kier alpha value is -12.3. The van der Waals surface area contributed by atoms with Gasteiger partial charge in [-0.3, -0.25) is 74.8 Å². The third-order valence-electron chi connectivity index (χ3n) is 16.2. The molecule has 0 spiro atoms. The molecule has 2 saturated heterocycles. The zero-order valence-corrected chi connectivity index (χ0v) is 79.0. The van der Waals surface area contributed by atoms with E-state index < -0.39 is 91.1 Å². The number of nitro groups is 2. The maximum atomic E-state index is 12.8. The first-order chi connectivity index (χ1) is 60.6. The molecular formula is C76H84Cl9N22NaO24. The van der Waals surface area contributed by atoms with Gasteiger partial charge >= 0.3 is 83.0 Å². The van der Waals surface area contributed by atoms with Crippen molar-refractivity contribution in [3.63, 3.8) is 0 Å². The van der Waals surface area contributed by atoms with Gasteiger partial charge in [0, 0.05) is 38.3 Å². The number of hydrogen-bond acceptors (Lipinski definition) is 30. The Morgan fingerprint density at radius 1 is 0.439 bits per heavy atom. The Balaban J connectivity index is 0.000000526. The number of nitrogens with one attached hydrogen (secondary N) is 10. The number of carbonyl (C=O) groups is 12. The molecule has 56 heteroatoms. The van der Waals surface area contributed by atoms with Gasteiger partial charge in [0.25, 0.3) is 28.9 Å². The van der Waals surface area contributed by atoms with E-state index in [4.69, 9.17) is 136 Å². The number of nitrogen functional groups attached to an aromatic ring is 1. The van der Waals surface area contributed by atoms with E-state index in [9.17, 15) is 77.8 Å². The molecule has 132 heavy (non-hydrogen) atoms. The van der Waals surface area contributed by atoms with Gasteiger partial charge in [0.2, 0.25) is 11.4 Å². The van der Waals surface area contributed by atoms with Gasteiger partial charge in [0.1, 0.15) is 29.3 Å². The second-order valence-electron chi connectivity index (χ2n) is 27.6. The molecule has 6 aromatic heterocycles. The average molecular weight is 2030 g/mol. The van der Waals surface area contributed by atoms with Crippen LogP contribution in [0.25, 0.3) is 0 Å². The normalized spacial score (nSPS) is 11.8. The van der Waals surface area contributed by atoms with Crippen molar-refractivity contribution >= 4 is 209 Å². The van der Waals surface area contributed by atoms with Crippen LogP contribution in [0, 0.1) is 20.2 Å². The van der Waals surface area contributed by atoms with Crippen LogP contribution in [-0.2, 0) is 23.7 Å². The average Bonchev–Trinajstić information content (AvgIpc) is 1.41. The number of aromatic carboxylic acids is 2. The maximum absolute atomic E-state index is 12.8. The molecule has 12 rings (SSSR count). The van der Waals surface area contributed by atoms with Gasteiger partial charge in [-0.15, -0.1) is 0 Å². The van der Waals surface area contributed by atoms with E-state index in [1.54, 1.807) is 70.5 Å². The van der Waals surface area contributed by atoms with Crippen molar-refractivity contribution in [2.45, 2.75) is 97.9 Å². The SMILES string of the molecule is C.CC(C)(C)OC(=O)N1CCC(N)CC1.CC(C)(C)OC(=O)N1CCC(NC(=O)c2[nH]ncc2NC(=O)c2c(Cl)cccc2Cl)CC1.COC(=O)c1[nH]ncc1N.COC(=O)c1[nH]ncc1NC(=O)c1c(Cl)cccc1Cl.COC(=O)c1[nH]ncc1[N+](=O)[O-].O=C(Cl)c1c(Cl)cccc1Cl.O=C(O)c1[nH]ncc1NC(=O)c1c(Cl)cccc1Cl.O=C(O)c1[nH]ncc1[N+](=O)[O-].[Na+].[OH-]. The first-order valence-corrected chi connectivity index (χ1v) is 39.9. The minimum atomic E-state index is -1.39. The quantitative estimate of drug-likeness (QED) is 0.0107. The number of aromatic nitrogens is 12. The molecule has 6 amide bonds. The van der Waals surface area contributed by atoms with E-state index in [1.807, 2.05) is 46.6 Å². The number of esters is 3. The molecule has 0 radical (unpaired) electrons. The van der Waals surface area contributed by atoms with Gasteiger partial charge in [0.05, 0.1) is 141 Å². The molecule has 0 bridgehead atoms. The topological polar surface area (TPSA) is 686 Å². The third-order valence-corrected chi connectivity index (χ3v) is 18.9. The third kappa shape index (κ3) is 35.8. The van der Waals surface area contributed by atoms with Crippen molar-refractivity contribution in [2.75, 3.05) is 69.2 Å². The van der Waals surface area contributed by atoms with Crippen LogP contribution in [0.15, 0.2) is 110 Å². The smallest absolute Gasteiger partial charge is 0.870 e. The molecule has 2 aliphatic rings. The molecule has 0 saturated carbocycles. The number of ether oxygens (including phenoxy) is 5. The number of carboxylic acid groups (broad SMARTS) is 2. The number of methoxy groups -OCH3 is 3. The predicted octanol–water partition coefficient (Wildman–Crippen LogP) is 11.6. The van der Waals surface area contributed by atoms with E-state index >= 15 is 0 Å². The summed E-state index contributed by atoms with van der Waals surface area (Å²) in [6.45, 7) is 13.5. The number of rotatable bonds is 16. The Bertz CT molecular complexity index is 5560. The molecule has 0 unspecified atom stereocenters. The van der Waals surface area contributed by atoms with E-state index in [0.29, 0.717) is 31.6 Å². The van der Waals surface area contributed by atoms with Gasteiger partial charge < -0.3 is 81.9 Å². The number of H-pyrrole nitrogens is 6. The van der Waals surface area contributed by atoms with E-state index in [-0.39, 0.29) is 180 Å². The monoisotopic (exact) mass is 2030 g/mol. The van der Waals surface area contributed by atoms with E-state index in [1.165, 1.54) is 51.1 Å². The standard InChI is InChI=1S/C21H25Cl2N5O4.C12H9Cl2N3O3.C11H7Cl2N3O3.C10H20N2O2.C7H3Cl3O.C5H5N3O4.C5H7N3O2.C4H3N3O4.CH4.Na.H2O/c1-21(2,3)32-20(31)28-9-7-12(8-10-28)25-19(30)17-15(11-24-27-17)26-18(29)16-13(22)5-4-6-14(16)23;1-20-12(19)10-8(5-15-17-10)16-11(18)9-6(13)3-2-4-7(9)14;12-5-2-1-3-6(13)8(5)10(17)15-7-4-14-16-9(7)11(18)19;1-10(2,3)14-9(13)12-6-4-8(11)5-7-12;8-4-2-1-3-5(9)6(4)7(10)11;1-12-5(9)4-3(8(10)11)2-6-7-4;1-10-5(9)4-3(6)2-7-8-4;8-4(9)3-2(7(10)11)1-5-6-3;;;/h4-6,11-12H,7-10H2,1-3H3,(H,24,27)(H,25,30)(H,26,29);2-5H,1H3,(H,15,17)(H,16,18);1-4H,(H,14,16)(H,15,17)(H,18,19);8H,4-7,11H2,1-3H3;1-3H;2H,1H3,(H,6,7);2H,6H2,1H3,(H,7,8);1H,(H,5,6)(H,8,9);1H4;;1H2/q;;;;;;;;;+1;/p-1. The summed E-state index contributed by atoms with van der Waals surface area (Å²) in [4.78, 5) is 160. The zero-order valence-electron chi connectivity index (χ0n) is 70.1. The van der Waals surface area contributed by atoms with Gasteiger partial charge in [-0.1, -0.05) is 124 Å². The Kier molecular flexibility index (Phi) is 48.4. The first kappa shape index (κ1) is 116. The van der Waals surface area contributed by atoms with Crippen molar-refractivity contribution in [1.29, 1.82) is 0 Å². The van der Waals surface area contributed by atoms with Crippen LogP contribution in [0.2, 0.25) is 40.2 Å². The van der Waals surface area contributed by atoms with Crippen LogP contribution in [-0.4, -0.2) is 238 Å². The summed E-state index contributed by atoms with van der Waals surface area (Å²) in [7, 11) is 3.63. The fourth-order valence-corrected chi connectivity index (χ4v) is 12.7. The Labute approximate surface area is 815 Å². The molecular weight excluding hydrogens is 1950 g/mol. The maximum Gasteiger partial charge on any atom is 1.00 e. The summed E-state index contributed by atoms with van der Waals surface area (Å²) < 4.78 is 23.9.